The lowest BCUT2D eigenvalue weighted by Gasteiger charge is -2.24. The summed E-state index contributed by atoms with van der Waals surface area (Å²) in [5.74, 6) is -0.889. The molecule has 1 aliphatic heterocycles. The van der Waals surface area contributed by atoms with Crippen molar-refractivity contribution in [3.05, 3.63) is 89.1 Å². The molecule has 38 heavy (non-hydrogen) atoms. The molecule has 0 spiro atoms. The number of nitrogens with zero attached hydrogens (tertiary/aromatic N) is 2. The Kier molecular flexibility index (Phi) is 9.04. The van der Waals surface area contributed by atoms with Gasteiger partial charge < -0.3 is 14.4 Å². The summed E-state index contributed by atoms with van der Waals surface area (Å²) < 4.78 is 46.8. The van der Waals surface area contributed by atoms with Gasteiger partial charge >= 0.3 is 19.3 Å². The zero-order valence-corrected chi connectivity index (χ0v) is 22.5. The highest BCUT2D eigenvalue weighted by Crippen LogP contribution is 2.52. The molecular formula is C26H28FN2O7PS. The first-order chi connectivity index (χ1) is 18.1. The molecule has 3 aromatic rings. The standard InChI is InChI=1S/C26H28FN2O7PS/c1-17(25(31)35-19-9-5-3-6-10-19)16-37(33,36-20-11-7-4-8-12-20)34-15-21-23(30)22(27)24(38-21)29-14-13-18(2)28-26(29)32/h3-14,17,21-24,30H,15-16H2,1-2H3/t17-,21-,22+,23-,24-,37?/m1/s1. The van der Waals surface area contributed by atoms with Crippen LogP contribution in [0, 0.1) is 12.8 Å². The van der Waals surface area contributed by atoms with Crippen LogP contribution in [0.2, 0.25) is 0 Å². The van der Waals surface area contributed by atoms with Gasteiger partial charge in [-0.05, 0) is 37.3 Å². The molecule has 2 heterocycles. The van der Waals surface area contributed by atoms with Gasteiger partial charge in [0.05, 0.1) is 23.9 Å². The van der Waals surface area contributed by atoms with E-state index in [-0.39, 0.29) is 18.5 Å². The number of aliphatic hydroxyl groups is 1. The van der Waals surface area contributed by atoms with Crippen molar-refractivity contribution < 1.29 is 32.6 Å². The molecule has 1 saturated heterocycles. The highest BCUT2D eigenvalue weighted by Gasteiger charge is 2.46. The lowest BCUT2D eigenvalue weighted by Crippen LogP contribution is -2.33. The van der Waals surface area contributed by atoms with Crippen LogP contribution in [0.15, 0.2) is 77.7 Å². The normalized spacial score (nSPS) is 23.4. The number of aryl methyl sites for hydroxylation is 1. The summed E-state index contributed by atoms with van der Waals surface area (Å²) in [6.45, 7) is 2.84. The van der Waals surface area contributed by atoms with Gasteiger partial charge in [0.2, 0.25) is 0 Å². The largest absolute Gasteiger partial charge is 0.426 e. The number of aliphatic hydroxyl groups excluding tert-OH is 1. The molecule has 1 fully saturated rings. The number of ether oxygens (including phenoxy) is 1. The Morgan fingerprint density at radius 1 is 1.13 bits per heavy atom. The van der Waals surface area contributed by atoms with Gasteiger partial charge in [-0.15, -0.1) is 11.8 Å². The van der Waals surface area contributed by atoms with E-state index in [9.17, 15) is 19.3 Å². The number of alkyl halides is 1. The number of aromatic nitrogens is 2. The molecule has 0 saturated carbocycles. The third-order valence-corrected chi connectivity index (χ3v) is 9.38. The van der Waals surface area contributed by atoms with Gasteiger partial charge in [-0.25, -0.2) is 13.8 Å². The molecule has 6 atom stereocenters. The molecule has 1 aromatic heterocycles. The lowest BCUT2D eigenvalue weighted by molar-refractivity contribution is -0.137. The van der Waals surface area contributed by atoms with Crippen LogP contribution in [-0.2, 0) is 13.9 Å². The van der Waals surface area contributed by atoms with E-state index < -0.39 is 48.1 Å². The summed E-state index contributed by atoms with van der Waals surface area (Å²) in [6.07, 6.45) is -2.17. The fourth-order valence-corrected chi connectivity index (χ4v) is 7.22. The van der Waals surface area contributed by atoms with Crippen molar-refractivity contribution >= 4 is 25.3 Å². The number of esters is 1. The van der Waals surface area contributed by atoms with Crippen LogP contribution < -0.4 is 15.0 Å². The van der Waals surface area contributed by atoms with E-state index in [1.165, 1.54) is 6.20 Å². The number of carbonyl (C=O) groups excluding carboxylic acids is 1. The van der Waals surface area contributed by atoms with Gasteiger partial charge in [0.15, 0.2) is 6.17 Å². The van der Waals surface area contributed by atoms with Gasteiger partial charge in [-0.2, -0.15) is 4.98 Å². The van der Waals surface area contributed by atoms with E-state index in [0.29, 0.717) is 11.4 Å². The van der Waals surface area contributed by atoms with Gasteiger partial charge in [0, 0.05) is 11.9 Å². The third kappa shape index (κ3) is 6.91. The molecule has 4 rings (SSSR count). The highest BCUT2D eigenvalue weighted by molar-refractivity contribution is 8.00. The van der Waals surface area contributed by atoms with Crippen LogP contribution in [0.3, 0.4) is 0 Å². The zero-order valence-electron chi connectivity index (χ0n) is 20.8. The number of thioether (sulfide) groups is 1. The number of rotatable bonds is 10. The van der Waals surface area contributed by atoms with Gasteiger partial charge in [0.25, 0.3) is 0 Å². The minimum Gasteiger partial charge on any atom is -0.426 e. The van der Waals surface area contributed by atoms with Crippen molar-refractivity contribution in [3.8, 4) is 11.5 Å². The molecule has 2 aromatic carbocycles. The van der Waals surface area contributed by atoms with E-state index in [2.05, 4.69) is 4.98 Å². The second-order valence-electron chi connectivity index (χ2n) is 8.89. The molecule has 1 unspecified atom stereocenters. The third-order valence-electron chi connectivity index (χ3n) is 5.82. The zero-order chi connectivity index (χ0) is 27.3. The van der Waals surface area contributed by atoms with Crippen molar-refractivity contribution in [2.45, 2.75) is 36.7 Å². The Morgan fingerprint density at radius 3 is 2.39 bits per heavy atom. The SMILES string of the molecule is Cc1ccn([C@@H]2S[C@H](COP(=O)(C[C@@H](C)C(=O)Oc3ccccc3)Oc3ccccc3)[C@@H](O)[C@@H]2F)c(=O)n1. The van der Waals surface area contributed by atoms with Crippen molar-refractivity contribution in [2.24, 2.45) is 5.92 Å². The minimum absolute atomic E-state index is 0.262. The molecule has 0 radical (unpaired) electrons. The predicted molar refractivity (Wildman–Crippen MR) is 141 cm³/mol. The molecule has 0 aliphatic carbocycles. The van der Waals surface area contributed by atoms with Crippen LogP contribution in [0.25, 0.3) is 0 Å². The first kappa shape index (κ1) is 28.0. The quantitative estimate of drug-likeness (QED) is 0.218. The first-order valence-corrected chi connectivity index (χ1v) is 14.6. The molecule has 0 bridgehead atoms. The fourth-order valence-electron chi connectivity index (χ4n) is 3.82. The Morgan fingerprint density at radius 2 is 1.76 bits per heavy atom. The van der Waals surface area contributed by atoms with Crippen molar-refractivity contribution in [1.29, 1.82) is 0 Å². The molecule has 0 amide bonds. The molecule has 1 N–H and O–H groups in total. The topological polar surface area (TPSA) is 117 Å². The number of halogens is 1. The molecule has 12 heteroatoms. The van der Waals surface area contributed by atoms with Crippen LogP contribution in [0.1, 0.15) is 18.0 Å². The second kappa shape index (κ2) is 12.3. The van der Waals surface area contributed by atoms with Crippen LogP contribution in [0.4, 0.5) is 4.39 Å². The van der Waals surface area contributed by atoms with Crippen LogP contribution in [-0.4, -0.2) is 50.9 Å². The molecule has 202 valence electrons. The number of carbonyl (C=O) groups is 1. The average molecular weight is 563 g/mol. The maximum atomic E-state index is 15.0. The van der Waals surface area contributed by atoms with Gasteiger partial charge in [-0.1, -0.05) is 43.3 Å². The van der Waals surface area contributed by atoms with E-state index in [4.69, 9.17) is 13.8 Å². The summed E-state index contributed by atoms with van der Waals surface area (Å²) in [4.78, 5) is 28.8. The van der Waals surface area contributed by atoms with Crippen molar-refractivity contribution in [2.75, 3.05) is 12.8 Å². The number of benzene rings is 2. The summed E-state index contributed by atoms with van der Waals surface area (Å²) in [7, 11) is -3.99. The van der Waals surface area contributed by atoms with E-state index in [0.717, 1.165) is 16.3 Å². The number of hydrogen-bond donors (Lipinski definition) is 1. The Bertz CT molecular complexity index is 1340. The molecule has 1 aliphatic rings. The summed E-state index contributed by atoms with van der Waals surface area (Å²) >= 11 is 0.979. The lowest BCUT2D eigenvalue weighted by atomic mass is 10.1. The molecular weight excluding hydrogens is 534 g/mol. The van der Waals surface area contributed by atoms with Crippen LogP contribution >= 0.6 is 19.4 Å². The van der Waals surface area contributed by atoms with E-state index in [1.54, 1.807) is 80.6 Å². The fraction of sp³-hybridized carbons (Fsp3) is 0.346. The molecule has 9 nitrogen and oxygen atoms in total. The Hall–Kier alpha value is -2.98. The maximum absolute atomic E-state index is 15.0. The van der Waals surface area contributed by atoms with Crippen molar-refractivity contribution in [1.82, 2.24) is 9.55 Å². The highest BCUT2D eigenvalue weighted by atomic mass is 32.2. The predicted octanol–water partition coefficient (Wildman–Crippen LogP) is 4.40. The summed E-state index contributed by atoms with van der Waals surface area (Å²) in [5, 5.41) is 8.65. The van der Waals surface area contributed by atoms with Crippen LogP contribution in [0.5, 0.6) is 11.5 Å². The smallest absolute Gasteiger partial charge is 0.380 e. The monoisotopic (exact) mass is 562 g/mol. The summed E-state index contributed by atoms with van der Waals surface area (Å²) in [5.41, 5.74) is -0.147. The van der Waals surface area contributed by atoms with Gasteiger partial charge in [0.1, 0.15) is 23.0 Å². The van der Waals surface area contributed by atoms with E-state index in [1.807, 2.05) is 0 Å². The number of para-hydroxylation sites is 2. The Labute approximate surface area is 223 Å². The Balaban J connectivity index is 1.47. The maximum Gasteiger partial charge on any atom is 0.380 e. The van der Waals surface area contributed by atoms with E-state index >= 15 is 4.39 Å². The van der Waals surface area contributed by atoms with Crippen molar-refractivity contribution in [3.63, 3.8) is 0 Å². The average Bonchev–Trinajstić information content (AvgIpc) is 3.17. The number of hydrogen-bond acceptors (Lipinski definition) is 9. The second-order valence-corrected chi connectivity index (χ2v) is 12.3. The minimum atomic E-state index is -3.99. The summed E-state index contributed by atoms with van der Waals surface area (Å²) in [6, 6.07) is 18.4. The first-order valence-electron chi connectivity index (χ1n) is 11.9. The van der Waals surface area contributed by atoms with Gasteiger partial charge in [-0.3, -0.25) is 13.9 Å².